The Morgan fingerprint density at radius 1 is 1.05 bits per heavy atom. The fourth-order valence-corrected chi connectivity index (χ4v) is 5.53. The van der Waals surface area contributed by atoms with Crippen LogP contribution in [-0.2, 0) is 13.2 Å². The molecule has 0 radical (unpaired) electrons. The smallest absolute Gasteiger partial charge is 0.377 e. The van der Waals surface area contributed by atoms with Gasteiger partial charge in [0, 0.05) is 57.4 Å². The van der Waals surface area contributed by atoms with Gasteiger partial charge in [0.2, 0.25) is 0 Å². The molecule has 1 fully saturated rings. The van der Waals surface area contributed by atoms with E-state index in [0.29, 0.717) is 37.3 Å². The highest BCUT2D eigenvalue weighted by atomic mass is 19.4. The molecule has 0 spiro atoms. The van der Waals surface area contributed by atoms with Crippen molar-refractivity contribution in [2.75, 3.05) is 43.4 Å². The van der Waals surface area contributed by atoms with E-state index in [-0.39, 0.29) is 33.5 Å². The van der Waals surface area contributed by atoms with Crippen LogP contribution in [0.15, 0.2) is 58.2 Å². The van der Waals surface area contributed by atoms with E-state index < -0.39 is 23.7 Å². The molecular weight excluding hydrogens is 550 g/mol. The van der Waals surface area contributed by atoms with Gasteiger partial charge in [-0.25, -0.2) is 9.37 Å². The lowest BCUT2D eigenvalue weighted by molar-refractivity contribution is -0.140. The maximum atomic E-state index is 16.6. The number of piperazine rings is 1. The van der Waals surface area contributed by atoms with E-state index in [1.807, 2.05) is 18.0 Å². The number of fused-ring (bicyclic) bond motifs is 1. The molecule has 0 saturated carbocycles. The third-order valence-electron chi connectivity index (χ3n) is 7.76. The van der Waals surface area contributed by atoms with Crippen molar-refractivity contribution in [3.05, 3.63) is 87.0 Å². The highest BCUT2D eigenvalue weighted by molar-refractivity contribution is 5.90. The Hall–Kier alpha value is -4.35. The largest absolute Gasteiger partial charge is 0.435 e. The molecule has 5 rings (SSSR count). The number of alkyl halides is 3. The van der Waals surface area contributed by atoms with Crippen LogP contribution in [0.1, 0.15) is 35.5 Å². The van der Waals surface area contributed by atoms with Crippen molar-refractivity contribution < 1.29 is 17.6 Å². The lowest BCUT2D eigenvalue weighted by atomic mass is 9.96. The average molecular weight is 584 g/mol. The summed E-state index contributed by atoms with van der Waals surface area (Å²) in [5, 5.41) is 9.13. The van der Waals surface area contributed by atoms with Crippen molar-refractivity contribution in [2.24, 2.45) is 12.1 Å². The fourth-order valence-electron chi connectivity index (χ4n) is 5.53. The maximum Gasteiger partial charge on any atom is 0.435 e. The molecule has 1 atom stereocenters. The number of hydrogen-bond donors (Lipinski definition) is 1. The third-order valence-corrected chi connectivity index (χ3v) is 7.76. The monoisotopic (exact) mass is 583 g/mol. The number of anilines is 2. The van der Waals surface area contributed by atoms with Crippen LogP contribution >= 0.6 is 0 Å². The molecular formula is C30H33F4N7O. The predicted octanol–water partition coefficient (Wildman–Crippen LogP) is 5.33. The number of allylic oxidation sites excluding steroid dienone is 2. The summed E-state index contributed by atoms with van der Waals surface area (Å²) in [7, 11) is 3.35. The molecule has 4 heterocycles. The van der Waals surface area contributed by atoms with Crippen LogP contribution in [0.5, 0.6) is 0 Å². The first kappa shape index (κ1) is 29.2. The number of halogens is 4. The highest BCUT2D eigenvalue weighted by Gasteiger charge is 2.36. The maximum absolute atomic E-state index is 16.6. The van der Waals surface area contributed by atoms with Gasteiger partial charge in [-0.05, 0) is 56.2 Å². The number of likely N-dealkylation sites (N-methyl/N-ethyl adjacent to an activating group) is 1. The molecule has 2 aromatic heterocycles. The number of pyridine rings is 2. The highest BCUT2D eigenvalue weighted by Crippen LogP contribution is 2.37. The van der Waals surface area contributed by atoms with Crippen LogP contribution in [0.2, 0.25) is 0 Å². The summed E-state index contributed by atoms with van der Waals surface area (Å²) in [6.45, 7) is 10.9. The van der Waals surface area contributed by atoms with Crippen LogP contribution in [0, 0.1) is 19.7 Å². The number of nitrogens with one attached hydrogen (secondary N) is 1. The van der Waals surface area contributed by atoms with Crippen LogP contribution in [0.25, 0.3) is 10.8 Å². The molecule has 0 unspecified atom stereocenters. The average Bonchev–Trinajstić information content (AvgIpc) is 2.93. The van der Waals surface area contributed by atoms with E-state index in [1.54, 1.807) is 44.3 Å². The Balaban J connectivity index is 1.52. The summed E-state index contributed by atoms with van der Waals surface area (Å²) in [6.07, 6.45) is -0.985. The van der Waals surface area contributed by atoms with Crippen molar-refractivity contribution in [3.63, 3.8) is 0 Å². The van der Waals surface area contributed by atoms with Gasteiger partial charge in [0.15, 0.2) is 11.5 Å². The number of rotatable bonds is 5. The number of benzene rings is 1. The zero-order valence-corrected chi connectivity index (χ0v) is 24.2. The predicted molar refractivity (Wildman–Crippen MR) is 157 cm³/mol. The van der Waals surface area contributed by atoms with Crippen molar-refractivity contribution >= 4 is 28.5 Å². The van der Waals surface area contributed by atoms with Crippen LogP contribution in [0.3, 0.4) is 0 Å². The second kappa shape index (κ2) is 10.8. The molecule has 0 bridgehead atoms. The number of aromatic nitrogens is 2. The minimum Gasteiger partial charge on any atom is -0.377 e. The van der Waals surface area contributed by atoms with Gasteiger partial charge in [-0.2, -0.15) is 18.3 Å². The fraction of sp³-hybridized carbons (Fsp3) is 0.367. The molecule has 1 saturated heterocycles. The summed E-state index contributed by atoms with van der Waals surface area (Å²) in [4.78, 5) is 21.2. The summed E-state index contributed by atoms with van der Waals surface area (Å²) >= 11 is 0. The Labute approximate surface area is 241 Å². The molecule has 2 aliphatic heterocycles. The zero-order valence-electron chi connectivity index (χ0n) is 24.2. The molecule has 12 heteroatoms. The SMILES string of the molecule is C=C1C=C(N2CCN(c3c(F)c4c([C@@H](C)Nc5ccc(C)nc5C(F)(F)F)cc(C)cc4c(=O)n3C)CC2)C=NN1C. The van der Waals surface area contributed by atoms with Gasteiger partial charge in [-0.15, -0.1) is 0 Å². The molecule has 1 aromatic carbocycles. The first-order valence-electron chi connectivity index (χ1n) is 13.6. The quantitative estimate of drug-likeness (QED) is 0.410. The van der Waals surface area contributed by atoms with Gasteiger partial charge in [-0.3, -0.25) is 14.4 Å². The third kappa shape index (κ3) is 5.33. The van der Waals surface area contributed by atoms with Crippen molar-refractivity contribution in [3.8, 4) is 0 Å². The van der Waals surface area contributed by atoms with Crippen molar-refractivity contribution in [1.82, 2.24) is 19.5 Å². The molecule has 2 aliphatic rings. The van der Waals surface area contributed by atoms with Gasteiger partial charge < -0.3 is 15.1 Å². The lowest BCUT2D eigenvalue weighted by Crippen LogP contribution is -2.48. The first-order valence-corrected chi connectivity index (χ1v) is 13.6. The van der Waals surface area contributed by atoms with Crippen molar-refractivity contribution in [1.29, 1.82) is 0 Å². The summed E-state index contributed by atoms with van der Waals surface area (Å²) in [5.41, 5.74) is 1.33. The second-order valence-corrected chi connectivity index (χ2v) is 10.8. The van der Waals surface area contributed by atoms with E-state index in [1.165, 1.54) is 23.6 Å². The van der Waals surface area contributed by atoms with E-state index in [2.05, 4.69) is 26.9 Å². The molecule has 8 nitrogen and oxygen atoms in total. The normalized spacial score (nSPS) is 16.7. The van der Waals surface area contributed by atoms with E-state index >= 15 is 4.39 Å². The topological polar surface area (TPSA) is 69.0 Å². The molecule has 3 aromatic rings. The van der Waals surface area contributed by atoms with Crippen molar-refractivity contribution in [2.45, 2.75) is 33.0 Å². The Kier molecular flexibility index (Phi) is 7.50. The molecule has 0 amide bonds. The van der Waals surface area contributed by atoms with Gasteiger partial charge in [-0.1, -0.05) is 12.6 Å². The number of aryl methyl sites for hydroxylation is 2. The molecule has 0 aliphatic carbocycles. The molecule has 222 valence electrons. The Morgan fingerprint density at radius 2 is 1.71 bits per heavy atom. The number of hydrogen-bond acceptors (Lipinski definition) is 7. The van der Waals surface area contributed by atoms with Crippen LogP contribution in [0.4, 0.5) is 29.1 Å². The first-order chi connectivity index (χ1) is 19.8. The zero-order chi connectivity index (χ0) is 30.5. The van der Waals surface area contributed by atoms with E-state index in [4.69, 9.17) is 0 Å². The number of nitrogens with zero attached hydrogens (tertiary/aromatic N) is 6. The van der Waals surface area contributed by atoms with Gasteiger partial charge in [0.25, 0.3) is 5.56 Å². The molecule has 42 heavy (non-hydrogen) atoms. The minimum atomic E-state index is -4.68. The van der Waals surface area contributed by atoms with Gasteiger partial charge in [0.05, 0.1) is 28.7 Å². The lowest BCUT2D eigenvalue weighted by Gasteiger charge is -2.39. The van der Waals surface area contributed by atoms with Crippen LogP contribution in [-0.4, -0.2) is 58.9 Å². The second-order valence-electron chi connectivity index (χ2n) is 10.8. The summed E-state index contributed by atoms with van der Waals surface area (Å²) < 4.78 is 59.2. The summed E-state index contributed by atoms with van der Waals surface area (Å²) in [5.74, 6) is -0.441. The van der Waals surface area contributed by atoms with Crippen LogP contribution < -0.4 is 15.8 Å². The Bertz CT molecular complexity index is 1680. The van der Waals surface area contributed by atoms with E-state index in [0.717, 1.165) is 11.4 Å². The Morgan fingerprint density at radius 3 is 2.36 bits per heavy atom. The number of hydrazone groups is 1. The minimum absolute atomic E-state index is 0.0937. The summed E-state index contributed by atoms with van der Waals surface area (Å²) in [6, 6.07) is 5.35. The van der Waals surface area contributed by atoms with E-state index in [9.17, 15) is 18.0 Å². The standard InChI is InChI=1S/C30H33F4N7O/c1-17-13-22(20(4)37-24-8-7-18(2)36-27(24)30(32,33)34)25-23(14-17)29(42)38(5)28(26(25)31)41-11-9-40(10-12-41)21-15-19(3)39(6)35-16-21/h7-8,13-16,20,37H,3,9-12H2,1-2,4-6H3/t20-/m1/s1. The van der Waals surface area contributed by atoms with Gasteiger partial charge in [0.1, 0.15) is 5.82 Å². The molecule has 1 N–H and O–H groups in total. The van der Waals surface area contributed by atoms with Gasteiger partial charge >= 0.3 is 6.18 Å².